The summed E-state index contributed by atoms with van der Waals surface area (Å²) in [4.78, 5) is 12.7. The van der Waals surface area contributed by atoms with Gasteiger partial charge >= 0.3 is 0 Å². The van der Waals surface area contributed by atoms with Crippen LogP contribution in [0.4, 0.5) is 0 Å². The van der Waals surface area contributed by atoms with Crippen LogP contribution in [0.15, 0.2) is 52.3 Å². The number of ketones is 1. The number of carbonyl (C=O) groups is 1. The molecule has 0 aliphatic carbocycles. The number of carbonyl (C=O) groups excluding carboxylic acids is 1. The van der Waals surface area contributed by atoms with Gasteiger partial charge in [0.1, 0.15) is 0 Å². The first-order valence-electron chi connectivity index (χ1n) is 5.94. The highest BCUT2D eigenvalue weighted by Crippen LogP contribution is 2.28. The Bertz CT molecular complexity index is 773. The maximum atomic E-state index is 12.7. The molecular weight excluding hydrogens is 320 g/mol. The molecule has 0 aliphatic heterocycles. The molecule has 0 bridgehead atoms. The fourth-order valence-electron chi connectivity index (χ4n) is 2.17. The highest BCUT2D eigenvalue weighted by Gasteiger charge is 2.16. The van der Waals surface area contributed by atoms with Crippen molar-refractivity contribution in [1.29, 1.82) is 0 Å². The standard InChI is InChI=1S/C16H11BrOS/c1-10-12(5-3-7-14(10)17)15(18)13-6-2-4-11-8-9-19-16(11)13/h2-9H,1H3. The molecule has 19 heavy (non-hydrogen) atoms. The number of hydrogen-bond donors (Lipinski definition) is 0. The number of benzene rings is 2. The number of fused-ring (bicyclic) bond motifs is 1. The van der Waals surface area contributed by atoms with Crippen molar-refractivity contribution in [2.24, 2.45) is 0 Å². The zero-order chi connectivity index (χ0) is 13.4. The van der Waals surface area contributed by atoms with Crippen LogP contribution in [0.3, 0.4) is 0 Å². The Labute approximate surface area is 124 Å². The maximum absolute atomic E-state index is 12.7. The molecule has 0 amide bonds. The van der Waals surface area contributed by atoms with Crippen LogP contribution in [0.1, 0.15) is 21.5 Å². The lowest BCUT2D eigenvalue weighted by atomic mass is 9.98. The Morgan fingerprint density at radius 3 is 2.63 bits per heavy atom. The van der Waals surface area contributed by atoms with Crippen molar-refractivity contribution in [3.8, 4) is 0 Å². The van der Waals surface area contributed by atoms with Crippen LogP contribution in [-0.4, -0.2) is 5.78 Å². The molecule has 1 nitrogen and oxygen atoms in total. The lowest BCUT2D eigenvalue weighted by Gasteiger charge is -2.07. The highest BCUT2D eigenvalue weighted by atomic mass is 79.9. The predicted molar refractivity (Wildman–Crippen MR) is 84.1 cm³/mol. The predicted octanol–water partition coefficient (Wildman–Crippen LogP) is 5.20. The van der Waals surface area contributed by atoms with Gasteiger partial charge in [-0.15, -0.1) is 11.3 Å². The van der Waals surface area contributed by atoms with Crippen LogP contribution < -0.4 is 0 Å². The van der Waals surface area contributed by atoms with Crippen LogP contribution in [0.2, 0.25) is 0 Å². The Kier molecular flexibility index (Phi) is 3.25. The first-order chi connectivity index (χ1) is 9.18. The first kappa shape index (κ1) is 12.6. The van der Waals surface area contributed by atoms with E-state index in [1.54, 1.807) is 11.3 Å². The molecule has 3 rings (SSSR count). The quantitative estimate of drug-likeness (QED) is 0.590. The van der Waals surface area contributed by atoms with Crippen molar-refractivity contribution in [2.75, 3.05) is 0 Å². The normalized spacial score (nSPS) is 10.8. The first-order valence-corrected chi connectivity index (χ1v) is 7.62. The minimum absolute atomic E-state index is 0.0897. The zero-order valence-electron chi connectivity index (χ0n) is 10.3. The third kappa shape index (κ3) is 2.13. The van der Waals surface area contributed by atoms with E-state index in [1.165, 1.54) is 0 Å². The van der Waals surface area contributed by atoms with Gasteiger partial charge in [0.05, 0.1) is 0 Å². The summed E-state index contributed by atoms with van der Waals surface area (Å²) in [5.41, 5.74) is 2.53. The summed E-state index contributed by atoms with van der Waals surface area (Å²) in [6.45, 7) is 1.96. The van der Waals surface area contributed by atoms with Gasteiger partial charge in [-0.2, -0.15) is 0 Å². The van der Waals surface area contributed by atoms with Gasteiger partial charge < -0.3 is 0 Å². The van der Waals surface area contributed by atoms with Crippen LogP contribution in [0.5, 0.6) is 0 Å². The Morgan fingerprint density at radius 1 is 1.05 bits per heavy atom. The SMILES string of the molecule is Cc1c(Br)cccc1C(=O)c1cccc2ccsc12. The molecule has 3 aromatic rings. The molecule has 0 unspecified atom stereocenters. The summed E-state index contributed by atoms with van der Waals surface area (Å²) in [7, 11) is 0. The second-order valence-corrected chi connectivity index (χ2v) is 6.16. The monoisotopic (exact) mass is 330 g/mol. The Hall–Kier alpha value is -1.45. The fourth-order valence-corrected chi connectivity index (χ4v) is 3.45. The topological polar surface area (TPSA) is 17.1 Å². The fraction of sp³-hybridized carbons (Fsp3) is 0.0625. The summed E-state index contributed by atoms with van der Waals surface area (Å²) >= 11 is 5.09. The van der Waals surface area contributed by atoms with Crippen molar-refractivity contribution in [1.82, 2.24) is 0 Å². The van der Waals surface area contributed by atoms with Crippen molar-refractivity contribution in [2.45, 2.75) is 6.92 Å². The van der Waals surface area contributed by atoms with Gasteiger partial charge in [-0.05, 0) is 41.5 Å². The average Bonchev–Trinajstić information content (AvgIpc) is 2.89. The molecule has 1 aromatic heterocycles. The van der Waals surface area contributed by atoms with Gasteiger partial charge in [-0.1, -0.05) is 40.2 Å². The molecule has 94 valence electrons. The molecule has 0 atom stereocenters. The van der Waals surface area contributed by atoms with Crippen molar-refractivity contribution >= 4 is 43.1 Å². The maximum Gasteiger partial charge on any atom is 0.194 e. The lowest BCUT2D eigenvalue weighted by Crippen LogP contribution is -2.04. The van der Waals surface area contributed by atoms with E-state index in [4.69, 9.17) is 0 Å². The van der Waals surface area contributed by atoms with Gasteiger partial charge in [-0.3, -0.25) is 4.79 Å². The second kappa shape index (κ2) is 4.91. The van der Waals surface area contributed by atoms with E-state index < -0.39 is 0 Å². The van der Waals surface area contributed by atoms with E-state index in [9.17, 15) is 4.79 Å². The summed E-state index contributed by atoms with van der Waals surface area (Å²) in [5, 5.41) is 3.15. The number of hydrogen-bond acceptors (Lipinski definition) is 2. The van der Waals surface area contributed by atoms with Crippen LogP contribution >= 0.6 is 27.3 Å². The third-order valence-corrected chi connectivity index (χ3v) is 5.06. The molecule has 0 N–H and O–H groups in total. The Balaban J connectivity index is 2.19. The molecule has 2 aromatic carbocycles. The molecule has 1 heterocycles. The van der Waals surface area contributed by atoms with Gasteiger partial charge in [0.2, 0.25) is 0 Å². The summed E-state index contributed by atoms with van der Waals surface area (Å²) < 4.78 is 2.03. The van der Waals surface area contributed by atoms with E-state index in [-0.39, 0.29) is 5.78 Å². The molecule has 0 saturated heterocycles. The summed E-state index contributed by atoms with van der Waals surface area (Å²) in [6.07, 6.45) is 0. The lowest BCUT2D eigenvalue weighted by molar-refractivity contribution is 0.104. The van der Waals surface area contributed by atoms with E-state index in [2.05, 4.69) is 15.9 Å². The second-order valence-electron chi connectivity index (χ2n) is 4.39. The molecule has 0 aliphatic rings. The van der Waals surface area contributed by atoms with E-state index in [0.717, 1.165) is 31.2 Å². The molecule has 0 radical (unpaired) electrons. The molecule has 3 heteroatoms. The average molecular weight is 331 g/mol. The highest BCUT2D eigenvalue weighted by molar-refractivity contribution is 9.10. The van der Waals surface area contributed by atoms with Gasteiger partial charge in [0.25, 0.3) is 0 Å². The zero-order valence-corrected chi connectivity index (χ0v) is 12.7. The Morgan fingerprint density at radius 2 is 1.79 bits per heavy atom. The number of rotatable bonds is 2. The van der Waals surface area contributed by atoms with Gasteiger partial charge in [-0.25, -0.2) is 0 Å². The van der Waals surface area contributed by atoms with Crippen molar-refractivity contribution < 1.29 is 4.79 Å². The molecule has 0 saturated carbocycles. The van der Waals surface area contributed by atoms with E-state index in [1.807, 2.05) is 54.8 Å². The minimum atomic E-state index is 0.0897. The third-order valence-electron chi connectivity index (χ3n) is 3.24. The number of thiophene rings is 1. The summed E-state index contributed by atoms with van der Waals surface area (Å²) in [6, 6.07) is 13.7. The smallest absolute Gasteiger partial charge is 0.194 e. The van der Waals surface area contributed by atoms with Crippen LogP contribution in [0, 0.1) is 6.92 Å². The summed E-state index contributed by atoms with van der Waals surface area (Å²) in [5.74, 6) is 0.0897. The molecule has 0 fully saturated rings. The van der Waals surface area contributed by atoms with Gasteiger partial charge in [0.15, 0.2) is 5.78 Å². The minimum Gasteiger partial charge on any atom is -0.289 e. The van der Waals surface area contributed by atoms with Crippen LogP contribution in [0.25, 0.3) is 10.1 Å². The van der Waals surface area contributed by atoms with Crippen molar-refractivity contribution in [3.63, 3.8) is 0 Å². The molecular formula is C16H11BrOS. The van der Waals surface area contributed by atoms with Gasteiger partial charge in [0, 0.05) is 20.3 Å². The molecule has 0 spiro atoms. The van der Waals surface area contributed by atoms with Crippen LogP contribution in [-0.2, 0) is 0 Å². The largest absolute Gasteiger partial charge is 0.289 e. The number of halogens is 1. The van der Waals surface area contributed by atoms with E-state index >= 15 is 0 Å². The van der Waals surface area contributed by atoms with E-state index in [0.29, 0.717) is 0 Å². The van der Waals surface area contributed by atoms with Crippen molar-refractivity contribution in [3.05, 3.63) is 69.0 Å².